The summed E-state index contributed by atoms with van der Waals surface area (Å²) in [5.74, 6) is -0.897. The van der Waals surface area contributed by atoms with Crippen LogP contribution in [0, 0.1) is 5.92 Å². The molecule has 0 aromatic rings. The molecule has 0 amide bonds. The third-order valence-electron chi connectivity index (χ3n) is 2.61. The maximum atomic E-state index is 11.2. The van der Waals surface area contributed by atoms with Crippen molar-refractivity contribution in [3.63, 3.8) is 0 Å². The highest BCUT2D eigenvalue weighted by molar-refractivity contribution is 5.73. The van der Waals surface area contributed by atoms with Crippen LogP contribution in [0.2, 0.25) is 0 Å². The molecule has 76 valence electrons. The smallest absolute Gasteiger partial charge is 0.311 e. The van der Waals surface area contributed by atoms with Crippen molar-refractivity contribution in [1.29, 1.82) is 0 Å². The molecule has 0 radical (unpaired) electrons. The summed E-state index contributed by atoms with van der Waals surface area (Å²) < 4.78 is 9.72. The van der Waals surface area contributed by atoms with E-state index in [0.717, 1.165) is 6.42 Å². The van der Waals surface area contributed by atoms with Gasteiger partial charge in [-0.05, 0) is 19.8 Å². The van der Waals surface area contributed by atoms with Crippen molar-refractivity contribution in [2.45, 2.75) is 25.4 Å². The molecule has 1 rings (SSSR count). The predicted molar refractivity (Wildman–Crippen MR) is 46.2 cm³/mol. The number of esters is 1. The first-order valence-electron chi connectivity index (χ1n) is 4.48. The molecule has 0 saturated carbocycles. The van der Waals surface area contributed by atoms with Crippen molar-refractivity contribution in [2.24, 2.45) is 5.92 Å². The highest BCUT2D eigenvalue weighted by Crippen LogP contribution is 2.27. The molecule has 1 heterocycles. The molecule has 0 bridgehead atoms. The van der Waals surface area contributed by atoms with Gasteiger partial charge in [0.15, 0.2) is 0 Å². The van der Waals surface area contributed by atoms with Crippen molar-refractivity contribution in [3.05, 3.63) is 0 Å². The fourth-order valence-corrected chi connectivity index (χ4v) is 1.54. The normalized spacial score (nSPS) is 31.0. The third-order valence-corrected chi connectivity index (χ3v) is 2.61. The van der Waals surface area contributed by atoms with E-state index >= 15 is 0 Å². The molecule has 2 unspecified atom stereocenters. The average molecular weight is 188 g/mol. The van der Waals surface area contributed by atoms with E-state index in [2.05, 4.69) is 4.74 Å². The van der Waals surface area contributed by atoms with Gasteiger partial charge in [-0.3, -0.25) is 4.79 Å². The van der Waals surface area contributed by atoms with E-state index in [4.69, 9.17) is 4.74 Å². The van der Waals surface area contributed by atoms with E-state index in [0.29, 0.717) is 13.0 Å². The maximum Gasteiger partial charge on any atom is 0.311 e. The lowest BCUT2D eigenvalue weighted by molar-refractivity contribution is -0.166. The van der Waals surface area contributed by atoms with Gasteiger partial charge in [0, 0.05) is 6.61 Å². The second-order valence-corrected chi connectivity index (χ2v) is 3.50. The number of rotatable bonds is 2. The summed E-state index contributed by atoms with van der Waals surface area (Å²) in [5, 5.41) is 10.0. The van der Waals surface area contributed by atoms with Crippen molar-refractivity contribution >= 4 is 5.97 Å². The lowest BCUT2D eigenvalue weighted by Crippen LogP contribution is -2.47. The summed E-state index contributed by atoms with van der Waals surface area (Å²) in [4.78, 5) is 11.2. The Bertz CT molecular complexity index is 184. The molecule has 4 nitrogen and oxygen atoms in total. The van der Waals surface area contributed by atoms with E-state index < -0.39 is 11.5 Å². The van der Waals surface area contributed by atoms with Crippen LogP contribution in [-0.4, -0.2) is 37.0 Å². The van der Waals surface area contributed by atoms with E-state index in [-0.39, 0.29) is 12.6 Å². The Morgan fingerprint density at radius 2 is 2.38 bits per heavy atom. The zero-order valence-corrected chi connectivity index (χ0v) is 8.08. The Kier molecular flexibility index (Phi) is 3.27. The van der Waals surface area contributed by atoms with Crippen LogP contribution in [0.5, 0.6) is 0 Å². The van der Waals surface area contributed by atoms with E-state index in [1.807, 2.05) is 0 Å². The molecular weight excluding hydrogens is 172 g/mol. The van der Waals surface area contributed by atoms with E-state index in [9.17, 15) is 9.90 Å². The van der Waals surface area contributed by atoms with Crippen LogP contribution in [0.1, 0.15) is 19.8 Å². The standard InChI is InChI=1S/C9H16O4/c1-7(8(10)12-2)9(11)4-3-5-13-6-9/h7,11H,3-6H2,1-2H3. The third kappa shape index (κ3) is 2.19. The zero-order valence-electron chi connectivity index (χ0n) is 8.08. The largest absolute Gasteiger partial charge is 0.469 e. The number of carbonyl (C=O) groups excluding carboxylic acids is 1. The van der Waals surface area contributed by atoms with Crippen molar-refractivity contribution in [2.75, 3.05) is 20.3 Å². The van der Waals surface area contributed by atoms with Crippen molar-refractivity contribution in [3.8, 4) is 0 Å². The fourth-order valence-electron chi connectivity index (χ4n) is 1.54. The quantitative estimate of drug-likeness (QED) is 0.635. The molecule has 1 saturated heterocycles. The number of hydrogen-bond acceptors (Lipinski definition) is 4. The molecule has 0 aliphatic carbocycles. The van der Waals surface area contributed by atoms with Gasteiger partial charge in [-0.2, -0.15) is 0 Å². The van der Waals surface area contributed by atoms with Gasteiger partial charge in [-0.15, -0.1) is 0 Å². The topological polar surface area (TPSA) is 55.8 Å². The first-order chi connectivity index (χ1) is 6.10. The number of carbonyl (C=O) groups is 1. The van der Waals surface area contributed by atoms with Gasteiger partial charge >= 0.3 is 5.97 Å². The molecule has 0 spiro atoms. The molecule has 1 N–H and O–H groups in total. The van der Waals surface area contributed by atoms with Crippen molar-refractivity contribution < 1.29 is 19.4 Å². The highest BCUT2D eigenvalue weighted by Gasteiger charge is 2.40. The van der Waals surface area contributed by atoms with E-state index in [1.165, 1.54) is 7.11 Å². The van der Waals surface area contributed by atoms with Crippen LogP contribution in [0.15, 0.2) is 0 Å². The highest BCUT2D eigenvalue weighted by atomic mass is 16.5. The molecule has 1 fully saturated rings. The zero-order chi connectivity index (χ0) is 9.90. The number of aliphatic hydroxyl groups is 1. The molecular formula is C9H16O4. The average Bonchev–Trinajstić information content (AvgIpc) is 2.16. The predicted octanol–water partition coefficient (Wildman–Crippen LogP) is 0.337. The lowest BCUT2D eigenvalue weighted by Gasteiger charge is -2.35. The van der Waals surface area contributed by atoms with Crippen LogP contribution >= 0.6 is 0 Å². The number of ether oxygens (including phenoxy) is 2. The van der Waals surface area contributed by atoms with Crippen LogP contribution in [0.4, 0.5) is 0 Å². The van der Waals surface area contributed by atoms with Crippen molar-refractivity contribution in [1.82, 2.24) is 0 Å². The van der Waals surface area contributed by atoms with Gasteiger partial charge < -0.3 is 14.6 Å². The number of hydrogen-bond donors (Lipinski definition) is 1. The molecule has 1 aliphatic heterocycles. The van der Waals surface area contributed by atoms with Gasteiger partial charge in [0.25, 0.3) is 0 Å². The van der Waals surface area contributed by atoms with Crippen LogP contribution in [0.3, 0.4) is 0 Å². The van der Waals surface area contributed by atoms with Crippen LogP contribution in [-0.2, 0) is 14.3 Å². The SMILES string of the molecule is COC(=O)C(C)C1(O)CCCOC1. The van der Waals surface area contributed by atoms with Gasteiger partial charge in [0.2, 0.25) is 0 Å². The molecule has 2 atom stereocenters. The second kappa shape index (κ2) is 4.07. The molecule has 4 heteroatoms. The summed E-state index contributed by atoms with van der Waals surface area (Å²) in [7, 11) is 1.33. The monoisotopic (exact) mass is 188 g/mol. The Morgan fingerprint density at radius 3 is 2.85 bits per heavy atom. The van der Waals surface area contributed by atoms with Gasteiger partial charge in [-0.1, -0.05) is 0 Å². The maximum absolute atomic E-state index is 11.2. The Labute approximate surface area is 77.8 Å². The minimum Gasteiger partial charge on any atom is -0.469 e. The van der Waals surface area contributed by atoms with Crippen LogP contribution < -0.4 is 0 Å². The minimum absolute atomic E-state index is 0.225. The van der Waals surface area contributed by atoms with E-state index in [1.54, 1.807) is 6.92 Å². The minimum atomic E-state index is -1.04. The summed E-state index contributed by atoms with van der Waals surface area (Å²) in [5.41, 5.74) is -1.04. The Balaban J connectivity index is 2.61. The number of methoxy groups -OCH3 is 1. The summed E-state index contributed by atoms with van der Waals surface area (Å²) >= 11 is 0. The molecule has 13 heavy (non-hydrogen) atoms. The summed E-state index contributed by atoms with van der Waals surface area (Å²) in [6.45, 7) is 2.56. The van der Waals surface area contributed by atoms with Gasteiger partial charge in [0.1, 0.15) is 5.60 Å². The van der Waals surface area contributed by atoms with Gasteiger partial charge in [-0.25, -0.2) is 0 Å². The lowest BCUT2D eigenvalue weighted by atomic mass is 9.84. The molecule has 0 aromatic heterocycles. The Hall–Kier alpha value is -0.610. The Morgan fingerprint density at radius 1 is 1.69 bits per heavy atom. The molecule has 0 aromatic carbocycles. The summed E-state index contributed by atoms with van der Waals surface area (Å²) in [6, 6.07) is 0. The molecule has 1 aliphatic rings. The second-order valence-electron chi connectivity index (χ2n) is 3.50. The first-order valence-corrected chi connectivity index (χ1v) is 4.48. The summed E-state index contributed by atoms with van der Waals surface area (Å²) in [6.07, 6.45) is 1.39. The van der Waals surface area contributed by atoms with Gasteiger partial charge in [0.05, 0.1) is 19.6 Å². The van der Waals surface area contributed by atoms with Crippen LogP contribution in [0.25, 0.3) is 0 Å². The fraction of sp³-hybridized carbons (Fsp3) is 0.889. The first kappa shape index (κ1) is 10.5.